The van der Waals surface area contributed by atoms with Crippen LogP contribution < -0.4 is 0 Å². The third-order valence-corrected chi connectivity index (χ3v) is 5.72. The zero-order chi connectivity index (χ0) is 17.3. The Kier molecular flexibility index (Phi) is 4.58. The van der Waals surface area contributed by atoms with Gasteiger partial charge >= 0.3 is 5.97 Å². The number of aryl methyl sites for hydroxylation is 1. The maximum absolute atomic E-state index is 12.0. The molecular weight excluding hydrogens is 306 g/mol. The molecule has 130 valence electrons. The number of hydrogen-bond acceptors (Lipinski definition) is 4. The molecule has 0 radical (unpaired) electrons. The van der Waals surface area contributed by atoms with E-state index in [9.17, 15) is 14.7 Å². The molecular formula is C18H25N3O3. The molecule has 3 heterocycles. The molecule has 6 heteroatoms. The van der Waals surface area contributed by atoms with Crippen LogP contribution >= 0.6 is 0 Å². The van der Waals surface area contributed by atoms with Crippen molar-refractivity contribution in [2.24, 2.45) is 5.92 Å². The van der Waals surface area contributed by atoms with E-state index in [0.29, 0.717) is 0 Å². The highest BCUT2D eigenvalue weighted by Gasteiger charge is 2.55. The lowest BCUT2D eigenvalue weighted by atomic mass is 9.77. The van der Waals surface area contributed by atoms with Gasteiger partial charge in [-0.25, -0.2) is 0 Å². The van der Waals surface area contributed by atoms with Crippen LogP contribution in [0.25, 0.3) is 0 Å². The number of pyridine rings is 1. The Labute approximate surface area is 142 Å². The van der Waals surface area contributed by atoms with E-state index in [1.165, 1.54) is 0 Å². The first kappa shape index (κ1) is 16.9. The molecule has 1 spiro atoms. The summed E-state index contributed by atoms with van der Waals surface area (Å²) in [4.78, 5) is 32.2. The third kappa shape index (κ3) is 3.02. The van der Waals surface area contributed by atoms with Crippen molar-refractivity contribution in [2.75, 3.05) is 26.7 Å². The number of piperidine rings is 1. The first-order chi connectivity index (χ1) is 11.4. The van der Waals surface area contributed by atoms with Crippen LogP contribution in [0, 0.1) is 12.8 Å². The highest BCUT2D eigenvalue weighted by molar-refractivity contribution is 5.88. The molecule has 0 aromatic carbocycles. The van der Waals surface area contributed by atoms with Gasteiger partial charge in [-0.2, -0.15) is 0 Å². The van der Waals surface area contributed by atoms with E-state index in [2.05, 4.69) is 9.88 Å². The summed E-state index contributed by atoms with van der Waals surface area (Å²) in [5.74, 6) is -1.46. The Morgan fingerprint density at radius 2 is 2.08 bits per heavy atom. The topological polar surface area (TPSA) is 73.7 Å². The number of aliphatic carboxylic acids is 1. The van der Waals surface area contributed by atoms with Crippen molar-refractivity contribution < 1.29 is 14.7 Å². The van der Waals surface area contributed by atoms with Crippen LogP contribution in [0.15, 0.2) is 18.2 Å². The molecule has 0 aliphatic carbocycles. The Balaban J connectivity index is 1.60. The number of hydrogen-bond donors (Lipinski definition) is 1. The Morgan fingerprint density at radius 3 is 2.71 bits per heavy atom. The predicted molar refractivity (Wildman–Crippen MR) is 89.6 cm³/mol. The molecule has 2 saturated heterocycles. The van der Waals surface area contributed by atoms with Gasteiger partial charge in [0.1, 0.15) is 0 Å². The van der Waals surface area contributed by atoms with Gasteiger partial charge in [0.2, 0.25) is 5.91 Å². The summed E-state index contributed by atoms with van der Waals surface area (Å²) < 4.78 is 0. The van der Waals surface area contributed by atoms with Gasteiger partial charge in [0.25, 0.3) is 0 Å². The van der Waals surface area contributed by atoms with Crippen molar-refractivity contribution in [1.82, 2.24) is 14.8 Å². The van der Waals surface area contributed by atoms with Gasteiger partial charge in [-0.05, 0) is 31.9 Å². The van der Waals surface area contributed by atoms with Crippen molar-refractivity contribution in [2.45, 2.75) is 38.1 Å². The molecule has 1 aromatic heterocycles. The number of carboxylic acid groups (broad SMARTS) is 1. The van der Waals surface area contributed by atoms with Gasteiger partial charge in [0.15, 0.2) is 0 Å². The van der Waals surface area contributed by atoms with Gasteiger partial charge in [-0.1, -0.05) is 6.07 Å². The van der Waals surface area contributed by atoms with Gasteiger partial charge < -0.3 is 14.9 Å². The number of rotatable bonds is 4. The number of carboxylic acids is 1. The fraction of sp³-hybridized carbons (Fsp3) is 0.611. The van der Waals surface area contributed by atoms with Crippen molar-refractivity contribution in [3.63, 3.8) is 0 Å². The second kappa shape index (κ2) is 6.51. The monoisotopic (exact) mass is 331 g/mol. The van der Waals surface area contributed by atoms with E-state index in [1.54, 1.807) is 11.9 Å². The molecule has 1 aromatic rings. The summed E-state index contributed by atoms with van der Waals surface area (Å²) in [7, 11) is 1.76. The number of amides is 1. The minimum Gasteiger partial charge on any atom is -0.481 e. The molecule has 0 unspecified atom stereocenters. The molecule has 0 bridgehead atoms. The Hall–Kier alpha value is -1.95. The van der Waals surface area contributed by atoms with Gasteiger partial charge in [-0.3, -0.25) is 14.6 Å². The predicted octanol–water partition coefficient (Wildman–Crippen LogP) is 1.33. The summed E-state index contributed by atoms with van der Waals surface area (Å²) >= 11 is 0. The van der Waals surface area contributed by atoms with Crippen LogP contribution in [0.1, 0.15) is 30.7 Å². The Bertz CT molecular complexity index is 638. The minimum atomic E-state index is -0.842. The summed E-state index contributed by atoms with van der Waals surface area (Å²) in [6.45, 7) is 4.56. The zero-order valence-corrected chi connectivity index (χ0v) is 14.4. The van der Waals surface area contributed by atoms with Crippen LogP contribution in [0.3, 0.4) is 0 Å². The van der Waals surface area contributed by atoms with Gasteiger partial charge in [0, 0.05) is 50.9 Å². The zero-order valence-electron chi connectivity index (χ0n) is 14.4. The van der Waals surface area contributed by atoms with E-state index >= 15 is 0 Å². The van der Waals surface area contributed by atoms with Crippen LogP contribution in [0.5, 0.6) is 0 Å². The van der Waals surface area contributed by atoms with E-state index in [4.69, 9.17) is 0 Å². The summed E-state index contributed by atoms with van der Waals surface area (Å²) in [6.07, 6.45) is 2.49. The van der Waals surface area contributed by atoms with E-state index in [0.717, 1.165) is 50.3 Å². The fourth-order valence-corrected chi connectivity index (χ4v) is 4.16. The molecule has 2 fully saturated rings. The van der Waals surface area contributed by atoms with Crippen molar-refractivity contribution in [1.29, 1.82) is 0 Å². The first-order valence-electron chi connectivity index (χ1n) is 8.57. The lowest BCUT2D eigenvalue weighted by Crippen LogP contribution is -2.56. The van der Waals surface area contributed by atoms with Crippen molar-refractivity contribution in [3.8, 4) is 0 Å². The molecule has 2 aliphatic rings. The first-order valence-corrected chi connectivity index (χ1v) is 8.57. The normalized spacial score (nSPS) is 23.8. The number of aromatic nitrogens is 1. The summed E-state index contributed by atoms with van der Waals surface area (Å²) in [5, 5.41) is 9.51. The molecule has 1 N–H and O–H groups in total. The molecule has 1 atom stereocenters. The SMILES string of the molecule is Cc1cccc(CCN2CCC3(CC2)[C@H](C(=O)O)CC(=O)N3C)n1. The Morgan fingerprint density at radius 1 is 1.38 bits per heavy atom. The lowest BCUT2D eigenvalue weighted by molar-refractivity contribution is -0.146. The lowest BCUT2D eigenvalue weighted by Gasteiger charge is -2.45. The van der Waals surface area contributed by atoms with Crippen LogP contribution in [0.2, 0.25) is 0 Å². The smallest absolute Gasteiger partial charge is 0.309 e. The standard InChI is InChI=1S/C18H25N3O3/c1-13-4-3-5-14(19-13)6-9-21-10-7-18(8-11-21)15(17(23)24)12-16(22)20(18)2/h3-5,15H,6-12H2,1-2H3,(H,23,24)/t15-/m0/s1. The van der Waals surface area contributed by atoms with Gasteiger partial charge in [0.05, 0.1) is 11.5 Å². The number of carbonyl (C=O) groups excluding carboxylic acids is 1. The fourth-order valence-electron chi connectivity index (χ4n) is 4.16. The van der Waals surface area contributed by atoms with Crippen molar-refractivity contribution >= 4 is 11.9 Å². The summed E-state index contributed by atoms with van der Waals surface area (Å²) in [5.41, 5.74) is 1.62. The second-order valence-electron chi connectivity index (χ2n) is 7.01. The maximum Gasteiger partial charge on any atom is 0.309 e. The minimum absolute atomic E-state index is 0.0418. The van der Waals surface area contributed by atoms with Crippen LogP contribution in [-0.2, 0) is 16.0 Å². The highest BCUT2D eigenvalue weighted by Crippen LogP contribution is 2.42. The van der Waals surface area contributed by atoms with Crippen LogP contribution in [-0.4, -0.2) is 64.0 Å². The molecule has 3 rings (SSSR count). The quantitative estimate of drug-likeness (QED) is 0.901. The molecule has 0 saturated carbocycles. The summed E-state index contributed by atoms with van der Waals surface area (Å²) in [6, 6.07) is 6.06. The van der Waals surface area contributed by atoms with Gasteiger partial charge in [-0.15, -0.1) is 0 Å². The average molecular weight is 331 g/mol. The molecule has 1 amide bonds. The molecule has 24 heavy (non-hydrogen) atoms. The van der Waals surface area contributed by atoms with Crippen molar-refractivity contribution in [3.05, 3.63) is 29.6 Å². The van der Waals surface area contributed by atoms with E-state index in [-0.39, 0.29) is 12.3 Å². The number of likely N-dealkylation sites (tertiary alicyclic amines) is 2. The molecule has 6 nitrogen and oxygen atoms in total. The third-order valence-electron chi connectivity index (χ3n) is 5.72. The number of carbonyl (C=O) groups is 2. The maximum atomic E-state index is 12.0. The second-order valence-corrected chi connectivity index (χ2v) is 7.01. The van der Waals surface area contributed by atoms with E-state index in [1.807, 2.05) is 25.1 Å². The average Bonchev–Trinajstić information content (AvgIpc) is 2.80. The van der Waals surface area contributed by atoms with E-state index < -0.39 is 17.4 Å². The molecule has 2 aliphatic heterocycles. The highest BCUT2D eigenvalue weighted by atomic mass is 16.4. The largest absolute Gasteiger partial charge is 0.481 e. The number of nitrogens with zero attached hydrogens (tertiary/aromatic N) is 3. The van der Waals surface area contributed by atoms with Crippen LogP contribution in [0.4, 0.5) is 0 Å².